The molecule has 1 atom stereocenters. The maximum atomic E-state index is 13.7. The monoisotopic (exact) mass is 307 g/mol. The molecule has 0 fully saturated rings. The Bertz CT molecular complexity index is 573. The molecule has 0 heterocycles. The summed E-state index contributed by atoms with van der Waals surface area (Å²) in [5.74, 6) is -1.66. The Hall–Kier alpha value is -1.05. The van der Waals surface area contributed by atoms with E-state index in [2.05, 4.69) is 4.72 Å². The summed E-state index contributed by atoms with van der Waals surface area (Å²) in [5, 5.41) is 9.16. The highest BCUT2D eigenvalue weighted by atomic mass is 32.2. The highest BCUT2D eigenvalue weighted by molar-refractivity contribution is 7.89. The molecule has 0 radical (unpaired) electrons. The topological polar surface area (TPSA) is 66.4 Å². The molecule has 0 aliphatic rings. The van der Waals surface area contributed by atoms with Crippen LogP contribution in [0, 0.1) is 24.5 Å². The molecule has 0 aromatic heterocycles. The van der Waals surface area contributed by atoms with Crippen molar-refractivity contribution >= 4 is 10.0 Å². The molecule has 0 saturated heterocycles. The van der Waals surface area contributed by atoms with Crippen molar-refractivity contribution < 1.29 is 22.3 Å². The summed E-state index contributed by atoms with van der Waals surface area (Å²) >= 11 is 0. The fourth-order valence-corrected chi connectivity index (χ4v) is 3.16. The summed E-state index contributed by atoms with van der Waals surface area (Å²) in [6.45, 7) is 4.66. The SMILES string of the molecule is Cc1cc(F)c(S(=O)(=O)NC(CO)CC(C)C)cc1F. The van der Waals surface area contributed by atoms with Gasteiger partial charge in [0, 0.05) is 6.04 Å². The normalized spacial score (nSPS) is 13.8. The fourth-order valence-electron chi connectivity index (χ4n) is 1.85. The quantitative estimate of drug-likeness (QED) is 0.844. The van der Waals surface area contributed by atoms with E-state index in [0.29, 0.717) is 12.5 Å². The van der Waals surface area contributed by atoms with Crippen LogP contribution in [-0.4, -0.2) is 26.2 Å². The van der Waals surface area contributed by atoms with Gasteiger partial charge in [-0.1, -0.05) is 13.8 Å². The molecular weight excluding hydrogens is 288 g/mol. The first-order valence-electron chi connectivity index (χ1n) is 6.26. The van der Waals surface area contributed by atoms with Gasteiger partial charge in [0.05, 0.1) is 6.61 Å². The second-order valence-corrected chi connectivity index (χ2v) is 6.84. The van der Waals surface area contributed by atoms with Crippen LogP contribution in [0.15, 0.2) is 17.0 Å². The summed E-state index contributed by atoms with van der Waals surface area (Å²) in [4.78, 5) is -0.747. The molecule has 1 aromatic rings. The van der Waals surface area contributed by atoms with Crippen molar-refractivity contribution in [3.63, 3.8) is 0 Å². The molecule has 20 heavy (non-hydrogen) atoms. The van der Waals surface area contributed by atoms with Crippen LogP contribution in [-0.2, 0) is 10.0 Å². The third-order valence-corrected chi connectivity index (χ3v) is 4.34. The molecule has 0 spiro atoms. The number of sulfonamides is 1. The summed E-state index contributed by atoms with van der Waals surface area (Å²) in [6, 6.07) is 0.751. The van der Waals surface area contributed by atoms with E-state index in [1.54, 1.807) is 0 Å². The standard InChI is InChI=1S/C13H19F2NO3S/c1-8(2)4-10(7-17)16-20(18,19)13-6-11(14)9(3)5-12(13)15/h5-6,8,10,16-17H,4,7H2,1-3H3. The third-order valence-electron chi connectivity index (χ3n) is 2.80. The van der Waals surface area contributed by atoms with Crippen molar-refractivity contribution in [2.75, 3.05) is 6.61 Å². The molecule has 4 nitrogen and oxygen atoms in total. The third kappa shape index (κ3) is 4.22. The second kappa shape index (κ2) is 6.60. The average molecular weight is 307 g/mol. The van der Waals surface area contributed by atoms with Gasteiger partial charge in [0.2, 0.25) is 10.0 Å². The van der Waals surface area contributed by atoms with Crippen LogP contribution in [0.4, 0.5) is 8.78 Å². The largest absolute Gasteiger partial charge is 0.395 e. The number of hydrogen-bond donors (Lipinski definition) is 2. The van der Waals surface area contributed by atoms with Crippen molar-refractivity contribution in [1.29, 1.82) is 0 Å². The van der Waals surface area contributed by atoms with E-state index in [9.17, 15) is 17.2 Å². The van der Waals surface area contributed by atoms with Crippen LogP contribution in [0.1, 0.15) is 25.8 Å². The predicted molar refractivity (Wildman–Crippen MR) is 71.7 cm³/mol. The number of nitrogens with one attached hydrogen (secondary N) is 1. The van der Waals surface area contributed by atoms with Gasteiger partial charge in [-0.25, -0.2) is 21.9 Å². The molecule has 1 unspecified atom stereocenters. The molecule has 1 aromatic carbocycles. The summed E-state index contributed by atoms with van der Waals surface area (Å²) < 4.78 is 53.4. The number of benzene rings is 1. The van der Waals surface area contributed by atoms with Gasteiger partial charge in [-0.2, -0.15) is 0 Å². The summed E-state index contributed by atoms with van der Waals surface area (Å²) in [5.41, 5.74) is 0.0299. The highest BCUT2D eigenvalue weighted by Crippen LogP contribution is 2.19. The van der Waals surface area contributed by atoms with Crippen LogP contribution < -0.4 is 4.72 Å². The molecule has 1 rings (SSSR count). The van der Waals surface area contributed by atoms with Crippen molar-refractivity contribution in [2.45, 2.75) is 38.1 Å². The van der Waals surface area contributed by atoms with Crippen LogP contribution >= 0.6 is 0 Å². The Morgan fingerprint density at radius 2 is 1.85 bits per heavy atom. The van der Waals surface area contributed by atoms with Gasteiger partial charge in [0.15, 0.2) is 0 Å². The van der Waals surface area contributed by atoms with Gasteiger partial charge < -0.3 is 5.11 Å². The Morgan fingerprint density at radius 3 is 2.35 bits per heavy atom. The smallest absolute Gasteiger partial charge is 0.243 e. The van der Waals surface area contributed by atoms with Gasteiger partial charge in [-0.05, 0) is 37.0 Å². The lowest BCUT2D eigenvalue weighted by molar-refractivity contribution is 0.240. The Morgan fingerprint density at radius 1 is 1.25 bits per heavy atom. The highest BCUT2D eigenvalue weighted by Gasteiger charge is 2.24. The molecule has 7 heteroatoms. The second-order valence-electron chi connectivity index (χ2n) is 5.16. The van der Waals surface area contributed by atoms with E-state index in [4.69, 9.17) is 5.11 Å². The zero-order chi connectivity index (χ0) is 15.5. The first-order chi connectivity index (χ1) is 9.17. The molecule has 0 aliphatic heterocycles. The van der Waals surface area contributed by atoms with Gasteiger partial charge in [0.25, 0.3) is 0 Å². The molecule has 2 N–H and O–H groups in total. The van der Waals surface area contributed by atoms with Crippen LogP contribution in [0.25, 0.3) is 0 Å². The van der Waals surface area contributed by atoms with E-state index >= 15 is 0 Å². The number of halogens is 2. The van der Waals surface area contributed by atoms with Crippen LogP contribution in [0.5, 0.6) is 0 Å². The zero-order valence-electron chi connectivity index (χ0n) is 11.7. The van der Waals surface area contributed by atoms with E-state index in [1.807, 2.05) is 13.8 Å². The average Bonchev–Trinajstić information content (AvgIpc) is 2.31. The predicted octanol–water partition coefficient (Wildman–Crippen LogP) is 1.96. The maximum Gasteiger partial charge on any atom is 0.243 e. The molecular formula is C13H19F2NO3S. The Kier molecular flexibility index (Phi) is 5.61. The molecule has 0 amide bonds. The van der Waals surface area contributed by atoms with Gasteiger partial charge >= 0.3 is 0 Å². The lowest BCUT2D eigenvalue weighted by Crippen LogP contribution is -2.38. The van der Waals surface area contributed by atoms with Crippen molar-refractivity contribution in [3.05, 3.63) is 29.3 Å². The van der Waals surface area contributed by atoms with Gasteiger partial charge in [0.1, 0.15) is 16.5 Å². The number of hydrogen-bond acceptors (Lipinski definition) is 3. The number of aliphatic hydroxyl groups is 1. The van der Waals surface area contributed by atoms with E-state index in [-0.39, 0.29) is 11.5 Å². The van der Waals surface area contributed by atoms with Crippen molar-refractivity contribution in [1.82, 2.24) is 4.72 Å². The maximum absolute atomic E-state index is 13.7. The first-order valence-corrected chi connectivity index (χ1v) is 7.74. The first kappa shape index (κ1) is 17.0. The Balaban J connectivity index is 3.08. The zero-order valence-corrected chi connectivity index (χ0v) is 12.5. The van der Waals surface area contributed by atoms with E-state index in [0.717, 1.165) is 6.07 Å². The van der Waals surface area contributed by atoms with Crippen molar-refractivity contribution in [3.8, 4) is 0 Å². The van der Waals surface area contributed by atoms with Crippen LogP contribution in [0.3, 0.4) is 0 Å². The van der Waals surface area contributed by atoms with Crippen LogP contribution in [0.2, 0.25) is 0 Å². The van der Waals surface area contributed by atoms with Gasteiger partial charge in [-0.15, -0.1) is 0 Å². The molecule has 0 aliphatic carbocycles. The molecule has 0 bridgehead atoms. The molecule has 114 valence electrons. The Labute approximate surface area is 117 Å². The minimum atomic E-state index is -4.21. The fraction of sp³-hybridized carbons (Fsp3) is 0.538. The summed E-state index contributed by atoms with van der Waals surface area (Å²) in [6.07, 6.45) is 0.395. The van der Waals surface area contributed by atoms with Crippen molar-refractivity contribution in [2.24, 2.45) is 5.92 Å². The lowest BCUT2D eigenvalue weighted by Gasteiger charge is -2.18. The van der Waals surface area contributed by atoms with E-state index < -0.39 is 39.2 Å². The number of aliphatic hydroxyl groups excluding tert-OH is 1. The number of aryl methyl sites for hydroxylation is 1. The number of rotatable bonds is 6. The lowest BCUT2D eigenvalue weighted by atomic mass is 10.1. The van der Waals surface area contributed by atoms with Gasteiger partial charge in [-0.3, -0.25) is 0 Å². The minimum absolute atomic E-state index is 0.0299. The summed E-state index contributed by atoms with van der Waals surface area (Å²) in [7, 11) is -4.21. The molecule has 0 saturated carbocycles. The van der Waals surface area contributed by atoms with E-state index in [1.165, 1.54) is 6.92 Å². The minimum Gasteiger partial charge on any atom is -0.395 e.